The number of anilines is 1. The molecule has 0 aliphatic carbocycles. The van der Waals surface area contributed by atoms with Crippen LogP contribution in [-0.4, -0.2) is 44.2 Å². The molecule has 1 fully saturated rings. The van der Waals surface area contributed by atoms with E-state index >= 15 is 0 Å². The van der Waals surface area contributed by atoms with Crippen LogP contribution in [0.2, 0.25) is 0 Å². The smallest absolute Gasteiger partial charge is 0.0415 e. The molecule has 106 valence electrons. The highest BCUT2D eigenvalue weighted by atomic mass is 15.3. The van der Waals surface area contributed by atoms with Crippen LogP contribution < -0.4 is 10.2 Å². The van der Waals surface area contributed by atoms with Crippen molar-refractivity contribution in [1.82, 2.24) is 10.2 Å². The SMILES string of the molecule is CNC(C)c1ccccc1N1CCN(C)C(C)(C)C1. The van der Waals surface area contributed by atoms with Crippen molar-refractivity contribution in [2.45, 2.75) is 32.4 Å². The van der Waals surface area contributed by atoms with Crippen molar-refractivity contribution in [1.29, 1.82) is 0 Å². The molecule has 0 spiro atoms. The van der Waals surface area contributed by atoms with Crippen molar-refractivity contribution in [3.05, 3.63) is 29.8 Å². The summed E-state index contributed by atoms with van der Waals surface area (Å²) in [5.74, 6) is 0. The highest BCUT2D eigenvalue weighted by molar-refractivity contribution is 5.55. The second-order valence-electron chi connectivity index (χ2n) is 6.22. The first-order valence-corrected chi connectivity index (χ1v) is 7.18. The van der Waals surface area contributed by atoms with Crippen LogP contribution in [0.15, 0.2) is 24.3 Å². The lowest BCUT2D eigenvalue weighted by atomic mass is 9.97. The Labute approximate surface area is 117 Å². The number of nitrogens with one attached hydrogen (secondary N) is 1. The molecule has 1 unspecified atom stereocenters. The summed E-state index contributed by atoms with van der Waals surface area (Å²) >= 11 is 0. The fourth-order valence-corrected chi connectivity index (χ4v) is 2.74. The molecular formula is C16H27N3. The first-order chi connectivity index (χ1) is 8.95. The molecule has 1 saturated heterocycles. The number of likely N-dealkylation sites (N-methyl/N-ethyl adjacent to an activating group) is 1. The molecule has 0 aromatic heterocycles. The maximum absolute atomic E-state index is 3.35. The Morgan fingerprint density at radius 2 is 1.89 bits per heavy atom. The Kier molecular flexibility index (Phi) is 4.16. The van der Waals surface area contributed by atoms with Gasteiger partial charge in [0.25, 0.3) is 0 Å². The van der Waals surface area contributed by atoms with Crippen molar-refractivity contribution in [3.63, 3.8) is 0 Å². The normalized spacial score (nSPS) is 21.4. The predicted octanol–water partition coefficient (Wildman–Crippen LogP) is 2.50. The topological polar surface area (TPSA) is 18.5 Å². The van der Waals surface area contributed by atoms with Gasteiger partial charge in [0.15, 0.2) is 0 Å². The van der Waals surface area contributed by atoms with Gasteiger partial charge in [-0.15, -0.1) is 0 Å². The lowest BCUT2D eigenvalue weighted by Crippen LogP contribution is -2.57. The summed E-state index contributed by atoms with van der Waals surface area (Å²) in [6.07, 6.45) is 0. The van der Waals surface area contributed by atoms with Crippen LogP contribution in [0.25, 0.3) is 0 Å². The number of para-hydroxylation sites is 1. The van der Waals surface area contributed by atoms with Crippen molar-refractivity contribution in [3.8, 4) is 0 Å². The van der Waals surface area contributed by atoms with E-state index in [1.807, 2.05) is 7.05 Å². The molecule has 3 heteroatoms. The van der Waals surface area contributed by atoms with E-state index in [-0.39, 0.29) is 5.54 Å². The second kappa shape index (κ2) is 5.51. The standard InChI is InChI=1S/C16H27N3/c1-13(17-4)14-8-6-7-9-15(14)19-11-10-18(5)16(2,3)12-19/h6-9,13,17H,10-12H2,1-5H3. The molecule has 3 nitrogen and oxygen atoms in total. The van der Waals surface area contributed by atoms with E-state index in [0.29, 0.717) is 6.04 Å². The molecule has 1 aliphatic heterocycles. The van der Waals surface area contributed by atoms with Crippen molar-refractivity contribution in [2.24, 2.45) is 0 Å². The molecule has 0 amide bonds. The zero-order valence-corrected chi connectivity index (χ0v) is 12.9. The highest BCUT2D eigenvalue weighted by Gasteiger charge is 2.31. The van der Waals surface area contributed by atoms with Gasteiger partial charge in [-0.25, -0.2) is 0 Å². The van der Waals surface area contributed by atoms with Gasteiger partial charge >= 0.3 is 0 Å². The zero-order chi connectivity index (χ0) is 14.0. The average Bonchev–Trinajstić information content (AvgIpc) is 2.41. The van der Waals surface area contributed by atoms with E-state index < -0.39 is 0 Å². The number of piperazine rings is 1. The Balaban J connectivity index is 2.27. The molecule has 1 atom stereocenters. The minimum atomic E-state index is 0.230. The number of benzene rings is 1. The van der Waals surface area contributed by atoms with Gasteiger partial charge < -0.3 is 10.2 Å². The summed E-state index contributed by atoms with van der Waals surface area (Å²) in [6.45, 7) is 10.2. The van der Waals surface area contributed by atoms with Crippen molar-refractivity contribution >= 4 is 5.69 Å². The third-order valence-electron chi connectivity index (χ3n) is 4.49. The maximum atomic E-state index is 3.35. The van der Waals surface area contributed by atoms with Crippen LogP contribution >= 0.6 is 0 Å². The van der Waals surface area contributed by atoms with Gasteiger partial charge in [-0.1, -0.05) is 18.2 Å². The van der Waals surface area contributed by atoms with E-state index in [9.17, 15) is 0 Å². The molecule has 0 bridgehead atoms. The quantitative estimate of drug-likeness (QED) is 0.902. The largest absolute Gasteiger partial charge is 0.368 e. The van der Waals surface area contributed by atoms with Crippen molar-refractivity contribution < 1.29 is 0 Å². The van der Waals surface area contributed by atoms with Crippen LogP contribution in [0.5, 0.6) is 0 Å². The van der Waals surface area contributed by atoms with Gasteiger partial charge in [-0.05, 0) is 46.5 Å². The van der Waals surface area contributed by atoms with Crippen LogP contribution in [0, 0.1) is 0 Å². The molecule has 0 saturated carbocycles. The number of rotatable bonds is 3. The van der Waals surface area contributed by atoms with Gasteiger partial charge in [0.1, 0.15) is 0 Å². The number of hydrogen-bond acceptors (Lipinski definition) is 3. The molecule has 1 aliphatic rings. The second-order valence-corrected chi connectivity index (χ2v) is 6.22. The zero-order valence-electron chi connectivity index (χ0n) is 12.9. The van der Waals surface area contributed by atoms with Crippen LogP contribution in [-0.2, 0) is 0 Å². The average molecular weight is 261 g/mol. The molecule has 19 heavy (non-hydrogen) atoms. The molecule has 1 aromatic carbocycles. The van der Waals surface area contributed by atoms with Crippen molar-refractivity contribution in [2.75, 3.05) is 38.6 Å². The molecule has 1 aromatic rings. The first kappa shape index (κ1) is 14.4. The van der Waals surface area contributed by atoms with Gasteiger partial charge in [0, 0.05) is 36.9 Å². The lowest BCUT2D eigenvalue weighted by molar-refractivity contribution is 0.138. The summed E-state index contributed by atoms with van der Waals surface area (Å²) < 4.78 is 0. The monoisotopic (exact) mass is 261 g/mol. The number of hydrogen-bond donors (Lipinski definition) is 1. The Morgan fingerprint density at radius 1 is 1.21 bits per heavy atom. The summed E-state index contributed by atoms with van der Waals surface area (Å²) in [7, 11) is 4.24. The Bertz CT molecular complexity index is 428. The molecule has 1 N–H and O–H groups in total. The van der Waals surface area contributed by atoms with E-state index in [2.05, 4.69) is 67.2 Å². The lowest BCUT2D eigenvalue weighted by Gasteiger charge is -2.47. The minimum Gasteiger partial charge on any atom is -0.368 e. The molecule has 2 rings (SSSR count). The number of nitrogens with zero attached hydrogens (tertiary/aromatic N) is 2. The van der Waals surface area contributed by atoms with Gasteiger partial charge in [-0.2, -0.15) is 0 Å². The van der Waals surface area contributed by atoms with Gasteiger partial charge in [0.05, 0.1) is 0 Å². The van der Waals surface area contributed by atoms with Gasteiger partial charge in [0.2, 0.25) is 0 Å². The summed E-state index contributed by atoms with van der Waals surface area (Å²) in [5, 5.41) is 3.35. The predicted molar refractivity (Wildman–Crippen MR) is 82.8 cm³/mol. The minimum absolute atomic E-state index is 0.230. The molecular weight excluding hydrogens is 234 g/mol. The molecule has 0 radical (unpaired) electrons. The summed E-state index contributed by atoms with van der Waals surface area (Å²) in [6, 6.07) is 9.16. The maximum Gasteiger partial charge on any atom is 0.0415 e. The Morgan fingerprint density at radius 3 is 2.53 bits per heavy atom. The van der Waals surface area contributed by atoms with E-state index in [0.717, 1.165) is 19.6 Å². The van der Waals surface area contributed by atoms with Crippen LogP contribution in [0.4, 0.5) is 5.69 Å². The highest BCUT2D eigenvalue weighted by Crippen LogP contribution is 2.30. The summed E-state index contributed by atoms with van der Waals surface area (Å²) in [5.41, 5.74) is 3.00. The summed E-state index contributed by atoms with van der Waals surface area (Å²) in [4.78, 5) is 4.98. The van der Waals surface area contributed by atoms with E-state index in [1.165, 1.54) is 11.3 Å². The van der Waals surface area contributed by atoms with E-state index in [1.54, 1.807) is 0 Å². The van der Waals surface area contributed by atoms with E-state index in [4.69, 9.17) is 0 Å². The first-order valence-electron chi connectivity index (χ1n) is 7.18. The molecule has 1 heterocycles. The van der Waals surface area contributed by atoms with Crippen LogP contribution in [0.3, 0.4) is 0 Å². The van der Waals surface area contributed by atoms with Gasteiger partial charge in [-0.3, -0.25) is 4.90 Å². The Hall–Kier alpha value is -1.06. The van der Waals surface area contributed by atoms with Crippen LogP contribution in [0.1, 0.15) is 32.4 Å². The fraction of sp³-hybridized carbons (Fsp3) is 0.625. The third-order valence-corrected chi connectivity index (χ3v) is 4.49. The fourth-order valence-electron chi connectivity index (χ4n) is 2.74. The third kappa shape index (κ3) is 2.93.